The first-order valence-electron chi connectivity index (χ1n) is 8.81. The van der Waals surface area contributed by atoms with Crippen molar-refractivity contribution in [3.63, 3.8) is 0 Å². The molecule has 0 aliphatic rings. The minimum atomic E-state index is -1.55. The van der Waals surface area contributed by atoms with Crippen molar-refractivity contribution < 1.29 is 18.0 Å². The Bertz CT molecular complexity index is 1100. The van der Waals surface area contributed by atoms with E-state index in [-0.39, 0.29) is 28.5 Å². The first kappa shape index (κ1) is 22.5. The SMILES string of the molecule is Cc1c(NC(CC(=O)c2ccc(Cl)cc2)c2ccc(Cl)c(Cl)c2)cc(F)c(F)c1F. The van der Waals surface area contributed by atoms with Gasteiger partial charge in [0, 0.05) is 34.3 Å². The maximum Gasteiger partial charge on any atom is 0.194 e. The van der Waals surface area contributed by atoms with Crippen LogP contribution in [0.1, 0.15) is 33.9 Å². The molecule has 3 aromatic carbocycles. The third-order valence-corrected chi connectivity index (χ3v) is 5.63. The normalized spacial score (nSPS) is 12.0. The van der Waals surface area contributed by atoms with Crippen molar-refractivity contribution in [2.75, 3.05) is 5.32 Å². The van der Waals surface area contributed by atoms with Crippen LogP contribution in [0.5, 0.6) is 0 Å². The van der Waals surface area contributed by atoms with Crippen LogP contribution < -0.4 is 5.32 Å². The van der Waals surface area contributed by atoms with Gasteiger partial charge in [0.25, 0.3) is 0 Å². The van der Waals surface area contributed by atoms with E-state index in [0.717, 1.165) is 6.07 Å². The Labute approximate surface area is 186 Å². The molecule has 0 aliphatic carbocycles. The fourth-order valence-electron chi connectivity index (χ4n) is 2.94. The van der Waals surface area contributed by atoms with Gasteiger partial charge >= 0.3 is 0 Å². The lowest BCUT2D eigenvalue weighted by molar-refractivity contribution is 0.0976. The molecule has 0 fully saturated rings. The van der Waals surface area contributed by atoms with E-state index in [9.17, 15) is 18.0 Å². The number of hydrogen-bond donors (Lipinski definition) is 1. The summed E-state index contributed by atoms with van der Waals surface area (Å²) in [7, 11) is 0. The standard InChI is InChI=1S/C22H15Cl3F3NO/c1-11-18(9-17(26)22(28)21(11)27)29-19(13-4-7-15(24)16(25)8-13)10-20(30)12-2-5-14(23)6-3-12/h2-9,19,29H,10H2,1H3. The number of hydrogen-bond acceptors (Lipinski definition) is 2. The van der Waals surface area contributed by atoms with Crippen molar-refractivity contribution in [1.29, 1.82) is 0 Å². The molecule has 0 aliphatic heterocycles. The van der Waals surface area contributed by atoms with Gasteiger partial charge in [-0.2, -0.15) is 0 Å². The first-order chi connectivity index (χ1) is 14.2. The minimum absolute atomic E-state index is 0.0198. The lowest BCUT2D eigenvalue weighted by atomic mass is 9.97. The van der Waals surface area contributed by atoms with Crippen LogP contribution in [0, 0.1) is 24.4 Å². The zero-order valence-electron chi connectivity index (χ0n) is 15.6. The van der Waals surface area contributed by atoms with E-state index >= 15 is 0 Å². The number of nitrogens with one attached hydrogen (secondary N) is 1. The second-order valence-corrected chi connectivity index (χ2v) is 7.91. The summed E-state index contributed by atoms with van der Waals surface area (Å²) < 4.78 is 41.3. The van der Waals surface area contributed by atoms with E-state index in [1.54, 1.807) is 42.5 Å². The molecule has 156 valence electrons. The maximum atomic E-state index is 14.0. The smallest absolute Gasteiger partial charge is 0.194 e. The van der Waals surface area contributed by atoms with Gasteiger partial charge < -0.3 is 5.32 Å². The number of rotatable bonds is 6. The topological polar surface area (TPSA) is 29.1 Å². The van der Waals surface area contributed by atoms with Crippen LogP contribution in [0.4, 0.5) is 18.9 Å². The number of carbonyl (C=O) groups is 1. The van der Waals surface area contributed by atoms with Crippen LogP contribution >= 0.6 is 34.8 Å². The fourth-order valence-corrected chi connectivity index (χ4v) is 3.38. The Morgan fingerprint density at radius 3 is 2.23 bits per heavy atom. The summed E-state index contributed by atoms with van der Waals surface area (Å²) in [5, 5.41) is 4.00. The van der Waals surface area contributed by atoms with Gasteiger partial charge in [0.05, 0.1) is 16.1 Å². The first-order valence-corrected chi connectivity index (χ1v) is 9.95. The Morgan fingerprint density at radius 2 is 1.60 bits per heavy atom. The highest BCUT2D eigenvalue weighted by molar-refractivity contribution is 6.42. The van der Waals surface area contributed by atoms with Crippen LogP contribution in [0.15, 0.2) is 48.5 Å². The number of halogens is 6. The molecule has 0 amide bonds. The van der Waals surface area contributed by atoms with Gasteiger partial charge in [0.1, 0.15) is 0 Å². The van der Waals surface area contributed by atoms with Crippen LogP contribution in [0.3, 0.4) is 0 Å². The second-order valence-electron chi connectivity index (χ2n) is 6.66. The molecule has 1 atom stereocenters. The lowest BCUT2D eigenvalue weighted by Gasteiger charge is -2.22. The third kappa shape index (κ3) is 4.91. The highest BCUT2D eigenvalue weighted by Gasteiger charge is 2.22. The molecular weight excluding hydrogens is 458 g/mol. The van der Waals surface area contributed by atoms with E-state index in [2.05, 4.69) is 5.32 Å². The highest BCUT2D eigenvalue weighted by atomic mass is 35.5. The predicted molar refractivity (Wildman–Crippen MR) is 114 cm³/mol. The molecule has 0 aromatic heterocycles. The summed E-state index contributed by atoms with van der Waals surface area (Å²) >= 11 is 17.9. The summed E-state index contributed by atoms with van der Waals surface area (Å²) in [6, 6.07) is 11.2. The van der Waals surface area contributed by atoms with Gasteiger partial charge in [-0.25, -0.2) is 13.2 Å². The number of carbonyl (C=O) groups excluding carboxylic acids is 1. The summed E-state index contributed by atoms with van der Waals surface area (Å²) in [5.74, 6) is -4.43. The molecule has 1 N–H and O–H groups in total. The van der Waals surface area contributed by atoms with Gasteiger partial charge in [-0.15, -0.1) is 0 Å². The molecule has 0 saturated heterocycles. The monoisotopic (exact) mass is 471 g/mol. The van der Waals surface area contributed by atoms with Crippen LogP contribution in [-0.4, -0.2) is 5.78 Å². The Morgan fingerprint density at radius 1 is 0.933 bits per heavy atom. The fraction of sp³-hybridized carbons (Fsp3) is 0.136. The average Bonchev–Trinajstić information content (AvgIpc) is 2.72. The average molecular weight is 473 g/mol. The van der Waals surface area contributed by atoms with Crippen molar-refractivity contribution in [3.05, 3.63) is 97.7 Å². The molecule has 0 radical (unpaired) electrons. The molecule has 0 bridgehead atoms. The van der Waals surface area contributed by atoms with Crippen molar-refractivity contribution in [2.45, 2.75) is 19.4 Å². The lowest BCUT2D eigenvalue weighted by Crippen LogP contribution is -2.17. The molecule has 30 heavy (non-hydrogen) atoms. The van der Waals surface area contributed by atoms with E-state index in [1.807, 2.05) is 0 Å². The molecule has 0 saturated carbocycles. The number of ketones is 1. The zero-order chi connectivity index (χ0) is 22.0. The maximum absolute atomic E-state index is 14.0. The van der Waals surface area contributed by atoms with Crippen molar-refractivity contribution in [3.8, 4) is 0 Å². The van der Waals surface area contributed by atoms with Crippen molar-refractivity contribution >= 4 is 46.3 Å². The van der Waals surface area contributed by atoms with Crippen molar-refractivity contribution in [1.82, 2.24) is 0 Å². The Balaban J connectivity index is 1.98. The van der Waals surface area contributed by atoms with E-state index in [0.29, 0.717) is 21.2 Å². The number of Topliss-reactive ketones (excluding diaryl/α,β-unsaturated/α-hetero) is 1. The molecule has 3 aromatic rings. The Hall–Kier alpha value is -2.21. The minimum Gasteiger partial charge on any atom is -0.377 e. The van der Waals surface area contributed by atoms with E-state index in [4.69, 9.17) is 34.8 Å². The summed E-state index contributed by atoms with van der Waals surface area (Å²) in [6.45, 7) is 1.31. The van der Waals surface area contributed by atoms with Gasteiger partial charge in [-0.05, 0) is 48.9 Å². The second kappa shape index (κ2) is 9.29. The van der Waals surface area contributed by atoms with Crippen LogP contribution in [0.25, 0.3) is 0 Å². The van der Waals surface area contributed by atoms with Gasteiger partial charge in [-0.3, -0.25) is 4.79 Å². The van der Waals surface area contributed by atoms with Gasteiger partial charge in [-0.1, -0.05) is 40.9 Å². The Kier molecular flexibility index (Phi) is 6.96. The summed E-state index contributed by atoms with van der Waals surface area (Å²) in [5.41, 5.74) is 0.889. The summed E-state index contributed by atoms with van der Waals surface area (Å²) in [6.07, 6.45) is -0.0698. The molecule has 1 unspecified atom stereocenters. The van der Waals surface area contributed by atoms with E-state index < -0.39 is 23.5 Å². The van der Waals surface area contributed by atoms with Gasteiger partial charge in [0.2, 0.25) is 0 Å². The zero-order valence-corrected chi connectivity index (χ0v) is 17.8. The highest BCUT2D eigenvalue weighted by Crippen LogP contribution is 2.32. The molecular formula is C22H15Cl3F3NO. The largest absolute Gasteiger partial charge is 0.377 e. The number of anilines is 1. The third-order valence-electron chi connectivity index (χ3n) is 4.64. The van der Waals surface area contributed by atoms with E-state index in [1.165, 1.54) is 6.92 Å². The predicted octanol–water partition coefficient (Wildman–Crippen LogP) is 7.80. The summed E-state index contributed by atoms with van der Waals surface area (Å²) in [4.78, 5) is 12.8. The molecule has 0 spiro atoms. The molecule has 8 heteroatoms. The molecule has 0 heterocycles. The quantitative estimate of drug-likeness (QED) is 0.293. The van der Waals surface area contributed by atoms with Crippen LogP contribution in [0.2, 0.25) is 15.1 Å². The van der Waals surface area contributed by atoms with Crippen LogP contribution in [-0.2, 0) is 0 Å². The van der Waals surface area contributed by atoms with Gasteiger partial charge in [0.15, 0.2) is 23.2 Å². The van der Waals surface area contributed by atoms with Crippen molar-refractivity contribution in [2.24, 2.45) is 0 Å². The number of benzene rings is 3. The molecule has 3 rings (SSSR count). The molecule has 2 nitrogen and oxygen atoms in total.